The van der Waals surface area contributed by atoms with E-state index in [1.165, 1.54) is 7.11 Å². The second-order valence-corrected chi connectivity index (χ2v) is 7.78. The molecule has 2 heterocycles. The van der Waals surface area contributed by atoms with E-state index in [0.717, 1.165) is 16.9 Å². The molecule has 9 heteroatoms. The van der Waals surface area contributed by atoms with Gasteiger partial charge in [0.05, 0.1) is 38.6 Å². The predicted octanol–water partition coefficient (Wildman–Crippen LogP) is 2.59. The van der Waals surface area contributed by atoms with Crippen LogP contribution >= 0.6 is 0 Å². The van der Waals surface area contributed by atoms with Gasteiger partial charge in [-0.2, -0.15) is 0 Å². The van der Waals surface area contributed by atoms with Gasteiger partial charge in [-0.15, -0.1) is 0 Å². The summed E-state index contributed by atoms with van der Waals surface area (Å²) in [5.74, 6) is 1.35. The molecular formula is C23H32N4O5. The zero-order valence-corrected chi connectivity index (χ0v) is 19.6. The van der Waals surface area contributed by atoms with Crippen molar-refractivity contribution in [3.05, 3.63) is 39.8 Å². The third-order valence-corrected chi connectivity index (χ3v) is 5.78. The molecule has 0 spiro atoms. The molecule has 1 aromatic heterocycles. The first-order chi connectivity index (χ1) is 15.3. The Morgan fingerprint density at radius 3 is 2.59 bits per heavy atom. The number of carbonyl (C=O) groups excluding carboxylic acids is 1. The van der Waals surface area contributed by atoms with Crippen molar-refractivity contribution in [1.29, 1.82) is 0 Å². The number of aryl methyl sites for hydroxylation is 2. The second-order valence-electron chi connectivity index (χ2n) is 7.78. The van der Waals surface area contributed by atoms with Crippen molar-refractivity contribution in [2.75, 3.05) is 39.2 Å². The zero-order chi connectivity index (χ0) is 23.4. The van der Waals surface area contributed by atoms with E-state index in [-0.39, 0.29) is 17.7 Å². The van der Waals surface area contributed by atoms with Gasteiger partial charge in [0.25, 0.3) is 5.56 Å². The third-order valence-electron chi connectivity index (χ3n) is 5.78. The average molecular weight is 445 g/mol. The highest BCUT2D eigenvalue weighted by atomic mass is 16.5. The molecule has 174 valence electrons. The molecule has 2 atom stereocenters. The van der Waals surface area contributed by atoms with Crippen LogP contribution < -0.4 is 15.6 Å². The second kappa shape index (κ2) is 10.0. The minimum absolute atomic E-state index is 0.172. The SMILES string of the molecule is CCO[C@H]1CN(C(=O)OC)C[C@H]1Nc1c(CC)nc(-c2ccc(OC)cc2C)n(C)c1=O. The smallest absolute Gasteiger partial charge is 0.409 e. The molecule has 9 nitrogen and oxygen atoms in total. The number of likely N-dealkylation sites (tertiary alicyclic amines) is 1. The van der Waals surface area contributed by atoms with Crippen LogP contribution in [0.1, 0.15) is 25.1 Å². The topological polar surface area (TPSA) is 94.9 Å². The van der Waals surface area contributed by atoms with E-state index in [2.05, 4.69) is 5.32 Å². The summed E-state index contributed by atoms with van der Waals surface area (Å²) in [7, 11) is 4.69. The van der Waals surface area contributed by atoms with Crippen molar-refractivity contribution < 1.29 is 19.0 Å². The molecule has 1 aliphatic rings. The summed E-state index contributed by atoms with van der Waals surface area (Å²) in [6.45, 7) is 7.12. The van der Waals surface area contributed by atoms with Crippen molar-refractivity contribution >= 4 is 11.8 Å². The van der Waals surface area contributed by atoms with Crippen LogP contribution in [0.3, 0.4) is 0 Å². The van der Waals surface area contributed by atoms with Gasteiger partial charge in [0.1, 0.15) is 17.3 Å². The summed E-state index contributed by atoms with van der Waals surface area (Å²) >= 11 is 0. The van der Waals surface area contributed by atoms with E-state index >= 15 is 0 Å². The normalized spacial score (nSPS) is 18.0. The number of ether oxygens (including phenoxy) is 3. The molecule has 0 aliphatic carbocycles. The first-order valence-electron chi connectivity index (χ1n) is 10.8. The number of nitrogens with one attached hydrogen (secondary N) is 1. The van der Waals surface area contributed by atoms with Gasteiger partial charge in [-0.3, -0.25) is 9.36 Å². The molecule has 1 amide bonds. The van der Waals surface area contributed by atoms with Gasteiger partial charge < -0.3 is 24.4 Å². The van der Waals surface area contributed by atoms with Crippen LogP contribution in [0.5, 0.6) is 5.75 Å². The Hall–Kier alpha value is -3.07. The van der Waals surface area contributed by atoms with Crippen LogP contribution in [0.25, 0.3) is 11.4 Å². The molecule has 0 bridgehead atoms. The highest BCUT2D eigenvalue weighted by molar-refractivity contribution is 5.68. The minimum Gasteiger partial charge on any atom is -0.497 e. The van der Waals surface area contributed by atoms with Gasteiger partial charge >= 0.3 is 6.09 Å². The summed E-state index contributed by atoms with van der Waals surface area (Å²) in [4.78, 5) is 31.8. The van der Waals surface area contributed by atoms with E-state index in [1.807, 2.05) is 39.0 Å². The molecule has 0 radical (unpaired) electrons. The van der Waals surface area contributed by atoms with E-state index in [9.17, 15) is 9.59 Å². The summed E-state index contributed by atoms with van der Waals surface area (Å²) in [6, 6.07) is 5.45. The van der Waals surface area contributed by atoms with Crippen LogP contribution in [0.4, 0.5) is 10.5 Å². The Morgan fingerprint density at radius 1 is 1.25 bits per heavy atom. The van der Waals surface area contributed by atoms with Gasteiger partial charge in [-0.1, -0.05) is 6.92 Å². The minimum atomic E-state index is -0.411. The van der Waals surface area contributed by atoms with E-state index in [0.29, 0.717) is 43.3 Å². The molecule has 1 aromatic carbocycles. The van der Waals surface area contributed by atoms with Crippen LogP contribution in [0.15, 0.2) is 23.0 Å². The Kier molecular flexibility index (Phi) is 7.40. The summed E-state index contributed by atoms with van der Waals surface area (Å²) in [5.41, 5.74) is 2.78. The average Bonchev–Trinajstić information content (AvgIpc) is 3.19. The van der Waals surface area contributed by atoms with Crippen LogP contribution in [-0.2, 0) is 22.9 Å². The van der Waals surface area contributed by atoms with Crippen molar-refractivity contribution in [1.82, 2.24) is 14.5 Å². The molecule has 1 fully saturated rings. The standard InChI is InChI=1S/C23H32N4O5/c1-7-17-20(24-18-12-27(23(29)31-6)13-19(18)32-8-2)22(28)26(4)21(25-17)16-10-9-15(30-5)11-14(16)3/h9-11,18-19,24H,7-8,12-13H2,1-6H3/t18-,19+/m1/s1. The number of carbonyl (C=O) groups is 1. The van der Waals surface area contributed by atoms with Crippen molar-refractivity contribution in [3.8, 4) is 17.1 Å². The lowest BCUT2D eigenvalue weighted by Crippen LogP contribution is -2.38. The first-order valence-corrected chi connectivity index (χ1v) is 10.8. The lowest BCUT2D eigenvalue weighted by molar-refractivity contribution is 0.0614. The van der Waals surface area contributed by atoms with Crippen molar-refractivity contribution in [2.24, 2.45) is 7.05 Å². The number of amides is 1. The fourth-order valence-electron chi connectivity index (χ4n) is 4.06. The lowest BCUT2D eigenvalue weighted by Gasteiger charge is -2.22. The number of rotatable bonds is 7. The summed E-state index contributed by atoms with van der Waals surface area (Å²) in [5, 5.41) is 3.33. The van der Waals surface area contributed by atoms with Crippen molar-refractivity contribution in [2.45, 2.75) is 39.3 Å². The summed E-state index contributed by atoms with van der Waals surface area (Å²) < 4.78 is 17.5. The van der Waals surface area contributed by atoms with Crippen LogP contribution in [-0.4, -0.2) is 66.6 Å². The number of hydrogen-bond donors (Lipinski definition) is 1. The highest BCUT2D eigenvalue weighted by Crippen LogP contribution is 2.27. The summed E-state index contributed by atoms with van der Waals surface area (Å²) in [6.07, 6.45) is -0.0871. The molecular weight excluding hydrogens is 412 g/mol. The number of anilines is 1. The number of nitrogens with zero attached hydrogens (tertiary/aromatic N) is 3. The number of benzene rings is 1. The van der Waals surface area contributed by atoms with Gasteiger partial charge in [0, 0.05) is 25.8 Å². The Morgan fingerprint density at radius 2 is 2.00 bits per heavy atom. The van der Waals surface area contributed by atoms with E-state index in [1.54, 1.807) is 23.6 Å². The maximum absolute atomic E-state index is 13.4. The molecule has 1 saturated heterocycles. The molecule has 32 heavy (non-hydrogen) atoms. The van der Waals surface area contributed by atoms with E-state index in [4.69, 9.17) is 19.2 Å². The largest absolute Gasteiger partial charge is 0.497 e. The quantitative estimate of drug-likeness (QED) is 0.701. The molecule has 2 aromatic rings. The monoisotopic (exact) mass is 444 g/mol. The predicted molar refractivity (Wildman–Crippen MR) is 122 cm³/mol. The lowest BCUT2D eigenvalue weighted by atomic mass is 10.1. The molecule has 0 saturated carbocycles. The van der Waals surface area contributed by atoms with Crippen LogP contribution in [0, 0.1) is 6.92 Å². The fraction of sp³-hybridized carbons (Fsp3) is 0.522. The molecule has 3 rings (SSSR count). The maximum Gasteiger partial charge on any atom is 0.409 e. The fourth-order valence-corrected chi connectivity index (χ4v) is 4.06. The van der Waals surface area contributed by atoms with Gasteiger partial charge in [0.15, 0.2) is 0 Å². The number of aromatic nitrogens is 2. The van der Waals surface area contributed by atoms with Gasteiger partial charge in [-0.05, 0) is 44.0 Å². The third kappa shape index (κ3) is 4.57. The zero-order valence-electron chi connectivity index (χ0n) is 19.6. The van der Waals surface area contributed by atoms with Crippen LogP contribution in [0.2, 0.25) is 0 Å². The van der Waals surface area contributed by atoms with Crippen molar-refractivity contribution in [3.63, 3.8) is 0 Å². The number of methoxy groups -OCH3 is 2. The van der Waals surface area contributed by atoms with Gasteiger partial charge in [0.2, 0.25) is 0 Å². The van der Waals surface area contributed by atoms with E-state index < -0.39 is 6.09 Å². The maximum atomic E-state index is 13.4. The molecule has 1 N–H and O–H groups in total. The Labute approximate surface area is 188 Å². The highest BCUT2D eigenvalue weighted by Gasteiger charge is 2.37. The van der Waals surface area contributed by atoms with Gasteiger partial charge in [-0.25, -0.2) is 9.78 Å². The molecule has 1 aliphatic heterocycles. The Balaban J connectivity index is 1.98. The first kappa shape index (κ1) is 23.6. The number of hydrogen-bond acceptors (Lipinski definition) is 7. The Bertz CT molecular complexity index is 1040. The molecule has 0 unspecified atom stereocenters.